The molecular weight excluding hydrogens is 246 g/mol. The third-order valence-corrected chi connectivity index (χ3v) is 3.26. The van der Waals surface area contributed by atoms with Gasteiger partial charge in [0.2, 0.25) is 0 Å². The number of hydrogen-bond donors (Lipinski definition) is 0. The zero-order valence-electron chi connectivity index (χ0n) is 11.1. The first-order chi connectivity index (χ1) is 8.90. The third-order valence-electron chi connectivity index (χ3n) is 3.26. The SMILES string of the molecule is Cc1cc(C)c(C(=O)c2ccc(F)cc2F)cc1C. The molecule has 0 aliphatic rings. The van der Waals surface area contributed by atoms with Gasteiger partial charge in [-0.15, -0.1) is 0 Å². The molecule has 2 aromatic carbocycles. The molecule has 0 aliphatic carbocycles. The highest BCUT2D eigenvalue weighted by Crippen LogP contribution is 2.20. The van der Waals surface area contributed by atoms with Gasteiger partial charge >= 0.3 is 0 Å². The molecule has 0 atom stereocenters. The van der Waals surface area contributed by atoms with Crippen LogP contribution in [-0.2, 0) is 0 Å². The van der Waals surface area contributed by atoms with E-state index in [1.165, 1.54) is 6.07 Å². The second-order valence-electron chi connectivity index (χ2n) is 4.70. The largest absolute Gasteiger partial charge is 0.288 e. The molecule has 98 valence electrons. The second-order valence-corrected chi connectivity index (χ2v) is 4.70. The third kappa shape index (κ3) is 2.55. The van der Waals surface area contributed by atoms with Crippen molar-refractivity contribution in [2.45, 2.75) is 20.8 Å². The standard InChI is InChI=1S/C16H14F2O/c1-9-6-11(3)14(7-10(9)2)16(19)13-5-4-12(17)8-15(13)18/h4-8H,1-3H3. The molecule has 0 amide bonds. The quantitative estimate of drug-likeness (QED) is 0.742. The van der Waals surface area contributed by atoms with E-state index in [0.717, 1.165) is 28.8 Å². The van der Waals surface area contributed by atoms with Gasteiger partial charge in [-0.2, -0.15) is 0 Å². The Kier molecular flexibility index (Phi) is 3.47. The predicted octanol–water partition coefficient (Wildman–Crippen LogP) is 4.12. The smallest absolute Gasteiger partial charge is 0.196 e. The van der Waals surface area contributed by atoms with E-state index in [4.69, 9.17) is 0 Å². The zero-order valence-corrected chi connectivity index (χ0v) is 11.1. The molecule has 2 rings (SSSR count). The summed E-state index contributed by atoms with van der Waals surface area (Å²) in [5.74, 6) is -1.94. The summed E-state index contributed by atoms with van der Waals surface area (Å²) >= 11 is 0. The van der Waals surface area contributed by atoms with Crippen molar-refractivity contribution in [2.75, 3.05) is 0 Å². The Morgan fingerprint density at radius 3 is 2.11 bits per heavy atom. The van der Waals surface area contributed by atoms with Crippen molar-refractivity contribution in [1.29, 1.82) is 0 Å². The summed E-state index contributed by atoms with van der Waals surface area (Å²) < 4.78 is 26.5. The molecule has 19 heavy (non-hydrogen) atoms. The Labute approximate surface area is 110 Å². The number of aryl methyl sites for hydroxylation is 3. The van der Waals surface area contributed by atoms with Gasteiger partial charge in [0, 0.05) is 11.6 Å². The summed E-state index contributed by atoms with van der Waals surface area (Å²) in [5.41, 5.74) is 3.18. The first-order valence-corrected chi connectivity index (χ1v) is 5.97. The maximum Gasteiger partial charge on any atom is 0.196 e. The minimum atomic E-state index is -0.831. The van der Waals surface area contributed by atoms with E-state index in [1.54, 1.807) is 13.0 Å². The maximum absolute atomic E-state index is 13.6. The maximum atomic E-state index is 13.6. The highest BCUT2D eigenvalue weighted by Gasteiger charge is 2.17. The van der Waals surface area contributed by atoms with Crippen molar-refractivity contribution in [1.82, 2.24) is 0 Å². The van der Waals surface area contributed by atoms with Crippen LogP contribution in [0.5, 0.6) is 0 Å². The zero-order chi connectivity index (χ0) is 14.2. The van der Waals surface area contributed by atoms with Crippen LogP contribution in [0.3, 0.4) is 0 Å². The molecule has 0 heterocycles. The van der Waals surface area contributed by atoms with E-state index < -0.39 is 17.4 Å². The summed E-state index contributed by atoms with van der Waals surface area (Å²) in [7, 11) is 0. The fourth-order valence-electron chi connectivity index (χ4n) is 2.02. The van der Waals surface area contributed by atoms with Gasteiger partial charge in [0.15, 0.2) is 5.78 Å². The molecule has 3 heteroatoms. The van der Waals surface area contributed by atoms with Gasteiger partial charge in [-0.25, -0.2) is 8.78 Å². The number of hydrogen-bond acceptors (Lipinski definition) is 1. The summed E-state index contributed by atoms with van der Waals surface area (Å²) in [6.07, 6.45) is 0. The minimum absolute atomic E-state index is 0.104. The van der Waals surface area contributed by atoms with Crippen LogP contribution >= 0.6 is 0 Å². The van der Waals surface area contributed by atoms with Crippen LogP contribution in [0.25, 0.3) is 0 Å². The Morgan fingerprint density at radius 1 is 0.842 bits per heavy atom. The van der Waals surface area contributed by atoms with Gasteiger partial charge in [0.1, 0.15) is 11.6 Å². The molecule has 0 saturated carbocycles. The first kappa shape index (κ1) is 13.4. The highest BCUT2D eigenvalue weighted by atomic mass is 19.1. The normalized spacial score (nSPS) is 10.6. The Bertz CT molecular complexity index is 660. The van der Waals surface area contributed by atoms with E-state index in [1.807, 2.05) is 19.9 Å². The Balaban J connectivity index is 2.53. The number of ketones is 1. The van der Waals surface area contributed by atoms with Gasteiger partial charge in [-0.3, -0.25) is 4.79 Å². The number of carbonyl (C=O) groups is 1. The number of halogens is 2. The topological polar surface area (TPSA) is 17.1 Å². The van der Waals surface area contributed by atoms with Crippen molar-refractivity contribution in [3.8, 4) is 0 Å². The van der Waals surface area contributed by atoms with Gasteiger partial charge in [0.25, 0.3) is 0 Å². The predicted molar refractivity (Wildman–Crippen MR) is 70.4 cm³/mol. The fraction of sp³-hybridized carbons (Fsp3) is 0.188. The molecule has 1 nitrogen and oxygen atoms in total. The van der Waals surface area contributed by atoms with Gasteiger partial charge in [-0.1, -0.05) is 6.07 Å². The summed E-state index contributed by atoms with van der Waals surface area (Å²) in [6.45, 7) is 5.66. The van der Waals surface area contributed by atoms with Crippen LogP contribution in [0.1, 0.15) is 32.6 Å². The van der Waals surface area contributed by atoms with Crippen LogP contribution in [0.15, 0.2) is 30.3 Å². The van der Waals surface area contributed by atoms with Crippen LogP contribution < -0.4 is 0 Å². The van der Waals surface area contributed by atoms with E-state index in [-0.39, 0.29) is 5.56 Å². The Hall–Kier alpha value is -2.03. The van der Waals surface area contributed by atoms with E-state index in [0.29, 0.717) is 5.56 Å². The minimum Gasteiger partial charge on any atom is -0.288 e. The monoisotopic (exact) mass is 260 g/mol. The van der Waals surface area contributed by atoms with Crippen molar-refractivity contribution in [3.63, 3.8) is 0 Å². The average molecular weight is 260 g/mol. The van der Waals surface area contributed by atoms with Crippen molar-refractivity contribution >= 4 is 5.78 Å². The van der Waals surface area contributed by atoms with Crippen LogP contribution in [-0.4, -0.2) is 5.78 Å². The van der Waals surface area contributed by atoms with Crippen molar-refractivity contribution < 1.29 is 13.6 Å². The molecule has 0 N–H and O–H groups in total. The molecule has 0 radical (unpaired) electrons. The highest BCUT2D eigenvalue weighted by molar-refractivity contribution is 6.10. The molecule has 0 bridgehead atoms. The van der Waals surface area contributed by atoms with Crippen LogP contribution in [0.4, 0.5) is 8.78 Å². The van der Waals surface area contributed by atoms with Crippen LogP contribution in [0.2, 0.25) is 0 Å². The van der Waals surface area contributed by atoms with Crippen molar-refractivity contribution in [2.24, 2.45) is 0 Å². The molecule has 0 aromatic heterocycles. The summed E-state index contributed by atoms with van der Waals surface area (Å²) in [5, 5.41) is 0. The molecular formula is C16H14F2O. The van der Waals surface area contributed by atoms with Crippen LogP contribution in [0, 0.1) is 32.4 Å². The number of carbonyl (C=O) groups excluding carboxylic acids is 1. The molecule has 0 aliphatic heterocycles. The average Bonchev–Trinajstić information content (AvgIpc) is 2.33. The molecule has 0 fully saturated rings. The summed E-state index contributed by atoms with van der Waals surface area (Å²) in [6, 6.07) is 6.64. The number of rotatable bonds is 2. The first-order valence-electron chi connectivity index (χ1n) is 5.97. The van der Waals surface area contributed by atoms with Gasteiger partial charge in [-0.05, 0) is 55.7 Å². The van der Waals surface area contributed by atoms with E-state index in [2.05, 4.69) is 0 Å². The molecule has 2 aromatic rings. The van der Waals surface area contributed by atoms with E-state index >= 15 is 0 Å². The lowest BCUT2D eigenvalue weighted by Gasteiger charge is -2.09. The van der Waals surface area contributed by atoms with E-state index in [9.17, 15) is 13.6 Å². The van der Waals surface area contributed by atoms with Crippen molar-refractivity contribution in [3.05, 3.63) is 69.8 Å². The summed E-state index contributed by atoms with van der Waals surface area (Å²) in [4.78, 5) is 12.3. The Morgan fingerprint density at radius 2 is 1.47 bits per heavy atom. The molecule has 0 unspecified atom stereocenters. The lowest BCUT2D eigenvalue weighted by Crippen LogP contribution is -2.07. The van der Waals surface area contributed by atoms with Gasteiger partial charge in [0.05, 0.1) is 5.56 Å². The lowest BCUT2D eigenvalue weighted by atomic mass is 9.94. The lowest BCUT2D eigenvalue weighted by molar-refractivity contribution is 0.103. The second kappa shape index (κ2) is 4.92. The molecule has 0 saturated heterocycles. The molecule has 0 spiro atoms. The van der Waals surface area contributed by atoms with Gasteiger partial charge < -0.3 is 0 Å². The number of benzene rings is 2. The fourth-order valence-corrected chi connectivity index (χ4v) is 2.02.